The van der Waals surface area contributed by atoms with Crippen LogP contribution < -0.4 is 0 Å². The van der Waals surface area contributed by atoms with Gasteiger partial charge in [0, 0.05) is 9.85 Å². The minimum absolute atomic E-state index is 0.266. The minimum atomic E-state index is -0.266. The molecule has 4 heteroatoms. The topological polar surface area (TPSA) is 26.3 Å². The van der Waals surface area contributed by atoms with Crippen LogP contribution in [0.5, 0.6) is 0 Å². The monoisotopic (exact) mass is 264 g/mol. The lowest BCUT2D eigenvalue weighted by Crippen LogP contribution is -1.99. The first kappa shape index (κ1) is 12.7. The van der Waals surface area contributed by atoms with Crippen molar-refractivity contribution < 1.29 is 9.53 Å². The van der Waals surface area contributed by atoms with Crippen LogP contribution in [0.2, 0.25) is 0 Å². The van der Waals surface area contributed by atoms with E-state index in [2.05, 4.69) is 20.7 Å². The van der Waals surface area contributed by atoms with Gasteiger partial charge in [-0.05, 0) is 28.4 Å². The lowest BCUT2D eigenvalue weighted by atomic mass is 10.3. The second-order valence-corrected chi connectivity index (χ2v) is 3.76. The molecule has 2 nitrogen and oxygen atoms in total. The molecule has 0 atom stereocenters. The fourth-order valence-corrected chi connectivity index (χ4v) is 2.16. The van der Waals surface area contributed by atoms with Crippen molar-refractivity contribution in [3.8, 4) is 0 Å². The summed E-state index contributed by atoms with van der Waals surface area (Å²) >= 11 is 4.70. The van der Waals surface area contributed by atoms with E-state index in [9.17, 15) is 4.79 Å². The van der Waals surface area contributed by atoms with Gasteiger partial charge in [0.25, 0.3) is 0 Å². The highest BCUT2D eigenvalue weighted by atomic mass is 79.9. The highest BCUT2D eigenvalue weighted by Crippen LogP contribution is 2.26. The second-order valence-electron chi connectivity index (χ2n) is 2.03. The molecule has 0 fully saturated rings. The molecular weight excluding hydrogens is 252 g/mol. The van der Waals surface area contributed by atoms with Crippen LogP contribution in [0.1, 0.15) is 29.1 Å². The zero-order valence-electron chi connectivity index (χ0n) is 8.18. The Morgan fingerprint density at radius 1 is 1.54 bits per heavy atom. The summed E-state index contributed by atoms with van der Waals surface area (Å²) < 4.78 is 5.54. The number of rotatable bonds is 1. The number of hydrogen-bond donors (Lipinski definition) is 0. The van der Waals surface area contributed by atoms with Gasteiger partial charge in [0.2, 0.25) is 0 Å². The highest BCUT2D eigenvalue weighted by Gasteiger charge is 2.12. The van der Waals surface area contributed by atoms with Gasteiger partial charge in [0.1, 0.15) is 4.88 Å². The summed E-state index contributed by atoms with van der Waals surface area (Å²) in [7, 11) is 1.38. The predicted molar refractivity (Wildman–Crippen MR) is 59.4 cm³/mol. The summed E-state index contributed by atoms with van der Waals surface area (Å²) in [6.45, 7) is 5.88. The van der Waals surface area contributed by atoms with Gasteiger partial charge in [-0.25, -0.2) is 4.79 Å². The molecule has 1 heterocycles. The number of carbonyl (C=O) groups excluding carboxylic acids is 1. The molecule has 0 aliphatic rings. The fourth-order valence-electron chi connectivity index (χ4n) is 0.690. The first-order valence-corrected chi connectivity index (χ1v) is 5.66. The van der Waals surface area contributed by atoms with E-state index in [0.29, 0.717) is 4.88 Å². The first-order valence-electron chi connectivity index (χ1n) is 3.98. The van der Waals surface area contributed by atoms with E-state index < -0.39 is 0 Å². The van der Waals surface area contributed by atoms with E-state index in [0.717, 1.165) is 10.0 Å². The molecule has 0 aliphatic carbocycles. The third-order valence-corrected chi connectivity index (χ3v) is 3.54. The van der Waals surface area contributed by atoms with E-state index in [1.54, 1.807) is 0 Å². The number of thiophene rings is 1. The zero-order valence-corrected chi connectivity index (χ0v) is 10.6. The molecular formula is C9H13BrO2S. The van der Waals surface area contributed by atoms with Gasteiger partial charge in [-0.2, -0.15) is 0 Å². The Morgan fingerprint density at radius 3 is 2.38 bits per heavy atom. The molecule has 0 amide bonds. The predicted octanol–water partition coefficient (Wildman–Crippen LogP) is 3.63. The van der Waals surface area contributed by atoms with Crippen molar-refractivity contribution in [2.75, 3.05) is 7.11 Å². The largest absolute Gasteiger partial charge is 0.465 e. The standard InChI is InChI=1S/C7H7BrO2S.C2H6/c1-4-5(8)3-11-6(4)7(9)10-2;1-2/h3H,1-2H3;1-2H3. The average Bonchev–Trinajstić information content (AvgIpc) is 2.50. The molecule has 0 N–H and O–H groups in total. The summed E-state index contributed by atoms with van der Waals surface area (Å²) in [5, 5.41) is 1.88. The van der Waals surface area contributed by atoms with Gasteiger partial charge in [0.15, 0.2) is 0 Å². The summed E-state index contributed by atoms with van der Waals surface area (Å²) in [4.78, 5) is 11.7. The Morgan fingerprint density at radius 2 is 2.08 bits per heavy atom. The summed E-state index contributed by atoms with van der Waals surface area (Å²) in [5.74, 6) is -0.266. The number of methoxy groups -OCH3 is 1. The van der Waals surface area contributed by atoms with Crippen LogP contribution in [0.15, 0.2) is 9.85 Å². The maximum Gasteiger partial charge on any atom is 0.348 e. The van der Waals surface area contributed by atoms with Crippen LogP contribution in [0.25, 0.3) is 0 Å². The summed E-state index contributed by atoms with van der Waals surface area (Å²) in [6, 6.07) is 0. The molecule has 13 heavy (non-hydrogen) atoms. The Balaban J connectivity index is 0.000000671. The number of carbonyl (C=O) groups is 1. The van der Waals surface area contributed by atoms with Crippen molar-refractivity contribution in [2.45, 2.75) is 20.8 Å². The summed E-state index contributed by atoms with van der Waals surface area (Å²) in [5.41, 5.74) is 0.946. The van der Waals surface area contributed by atoms with E-state index in [4.69, 9.17) is 0 Å². The smallest absolute Gasteiger partial charge is 0.348 e. The number of esters is 1. The highest BCUT2D eigenvalue weighted by molar-refractivity contribution is 9.10. The molecule has 0 aromatic carbocycles. The van der Waals surface area contributed by atoms with Crippen LogP contribution in [0.4, 0.5) is 0 Å². The molecule has 74 valence electrons. The Hall–Kier alpha value is -0.350. The van der Waals surface area contributed by atoms with Gasteiger partial charge < -0.3 is 4.74 Å². The van der Waals surface area contributed by atoms with Crippen molar-refractivity contribution in [3.05, 3.63) is 20.3 Å². The molecule has 0 bridgehead atoms. The van der Waals surface area contributed by atoms with Crippen molar-refractivity contribution in [3.63, 3.8) is 0 Å². The van der Waals surface area contributed by atoms with Gasteiger partial charge in [-0.3, -0.25) is 0 Å². The molecule has 0 saturated heterocycles. The molecule has 1 rings (SSSR count). The number of hydrogen-bond acceptors (Lipinski definition) is 3. The normalized spacial score (nSPS) is 8.69. The Labute approximate surface area is 91.0 Å². The molecule has 0 unspecified atom stereocenters. The van der Waals surface area contributed by atoms with Crippen LogP contribution >= 0.6 is 27.3 Å². The summed E-state index contributed by atoms with van der Waals surface area (Å²) in [6.07, 6.45) is 0. The molecule has 1 aromatic rings. The third-order valence-electron chi connectivity index (χ3n) is 1.35. The van der Waals surface area contributed by atoms with Crippen molar-refractivity contribution >= 4 is 33.2 Å². The van der Waals surface area contributed by atoms with Crippen molar-refractivity contribution in [1.82, 2.24) is 0 Å². The van der Waals surface area contributed by atoms with Crippen LogP contribution in [-0.4, -0.2) is 13.1 Å². The molecule has 0 radical (unpaired) electrons. The Bertz CT molecular complexity index is 281. The quantitative estimate of drug-likeness (QED) is 0.725. The Kier molecular flexibility index (Phi) is 5.99. The minimum Gasteiger partial charge on any atom is -0.465 e. The van der Waals surface area contributed by atoms with E-state index in [-0.39, 0.29) is 5.97 Å². The van der Waals surface area contributed by atoms with Gasteiger partial charge >= 0.3 is 5.97 Å². The van der Waals surface area contributed by atoms with Crippen LogP contribution in [0, 0.1) is 6.92 Å². The molecule has 0 aliphatic heterocycles. The fraction of sp³-hybridized carbons (Fsp3) is 0.444. The number of halogens is 1. The molecule has 1 aromatic heterocycles. The van der Waals surface area contributed by atoms with Crippen molar-refractivity contribution in [1.29, 1.82) is 0 Å². The van der Waals surface area contributed by atoms with Gasteiger partial charge in [-0.15, -0.1) is 11.3 Å². The van der Waals surface area contributed by atoms with Gasteiger partial charge in [-0.1, -0.05) is 13.8 Å². The van der Waals surface area contributed by atoms with E-state index >= 15 is 0 Å². The SMILES string of the molecule is CC.COC(=O)c1scc(Br)c1C. The molecule has 0 saturated carbocycles. The first-order chi connectivity index (χ1) is 6.16. The maximum absolute atomic E-state index is 11.0. The van der Waals surface area contributed by atoms with Crippen LogP contribution in [0.3, 0.4) is 0 Å². The lowest BCUT2D eigenvalue weighted by molar-refractivity contribution is 0.0605. The maximum atomic E-state index is 11.0. The molecule has 0 spiro atoms. The van der Waals surface area contributed by atoms with E-state index in [1.807, 2.05) is 26.2 Å². The number of ether oxygens (including phenoxy) is 1. The lowest BCUT2D eigenvalue weighted by Gasteiger charge is -1.95. The average molecular weight is 265 g/mol. The second kappa shape index (κ2) is 6.16. The van der Waals surface area contributed by atoms with Gasteiger partial charge in [0.05, 0.1) is 7.11 Å². The third kappa shape index (κ3) is 3.12. The van der Waals surface area contributed by atoms with Crippen molar-refractivity contribution in [2.24, 2.45) is 0 Å². The van der Waals surface area contributed by atoms with E-state index in [1.165, 1.54) is 18.4 Å². The zero-order chi connectivity index (χ0) is 10.4. The van der Waals surface area contributed by atoms with Crippen LogP contribution in [-0.2, 0) is 4.74 Å².